The zero-order valence-electron chi connectivity index (χ0n) is 9.87. The molecule has 0 aromatic carbocycles. The Labute approximate surface area is 93.2 Å². The molecule has 0 radical (unpaired) electrons. The average molecular weight is 215 g/mol. The lowest BCUT2D eigenvalue weighted by Crippen LogP contribution is -2.28. The predicted molar refractivity (Wildman–Crippen MR) is 61.9 cm³/mol. The van der Waals surface area contributed by atoms with Crippen molar-refractivity contribution in [2.45, 2.75) is 44.6 Å². The van der Waals surface area contributed by atoms with Crippen LogP contribution in [0.3, 0.4) is 0 Å². The first-order valence-electron chi connectivity index (χ1n) is 6.20. The van der Waals surface area contributed by atoms with E-state index in [4.69, 9.17) is 4.74 Å². The van der Waals surface area contributed by atoms with E-state index in [0.29, 0.717) is 0 Å². The zero-order chi connectivity index (χ0) is 10.9. The van der Waals surface area contributed by atoms with Gasteiger partial charge in [-0.25, -0.2) is 0 Å². The quantitative estimate of drug-likeness (QED) is 0.633. The van der Waals surface area contributed by atoms with E-state index >= 15 is 0 Å². The highest BCUT2D eigenvalue weighted by Gasteiger charge is 2.18. The van der Waals surface area contributed by atoms with Gasteiger partial charge < -0.3 is 15.2 Å². The summed E-state index contributed by atoms with van der Waals surface area (Å²) in [5, 5.41) is 12.9. The number of aliphatic hydroxyl groups is 1. The maximum Gasteiger partial charge on any atom is 0.0540 e. The Morgan fingerprint density at radius 2 is 1.93 bits per heavy atom. The number of rotatable bonds is 7. The van der Waals surface area contributed by atoms with Gasteiger partial charge in [0.15, 0.2) is 0 Å². The number of aliphatic hydroxyl groups excluding tert-OH is 1. The van der Waals surface area contributed by atoms with Crippen molar-refractivity contribution < 1.29 is 9.84 Å². The Hall–Kier alpha value is -0.120. The van der Waals surface area contributed by atoms with Gasteiger partial charge in [0, 0.05) is 13.7 Å². The van der Waals surface area contributed by atoms with Crippen LogP contribution in [0.15, 0.2) is 0 Å². The Morgan fingerprint density at radius 3 is 2.60 bits per heavy atom. The number of hydrogen-bond donors (Lipinski definition) is 2. The molecule has 0 saturated heterocycles. The number of hydrogen-bond acceptors (Lipinski definition) is 3. The van der Waals surface area contributed by atoms with Crippen LogP contribution >= 0.6 is 0 Å². The van der Waals surface area contributed by atoms with Crippen LogP contribution in [0.4, 0.5) is 0 Å². The Morgan fingerprint density at radius 1 is 1.20 bits per heavy atom. The minimum Gasteiger partial charge on any atom is -0.393 e. The van der Waals surface area contributed by atoms with Crippen molar-refractivity contribution in [3.63, 3.8) is 0 Å². The molecule has 0 heterocycles. The molecule has 0 unspecified atom stereocenters. The summed E-state index contributed by atoms with van der Waals surface area (Å²) in [6, 6.07) is 0. The summed E-state index contributed by atoms with van der Waals surface area (Å²) in [6.45, 7) is 3.10. The number of nitrogens with one attached hydrogen (secondary N) is 1. The van der Waals surface area contributed by atoms with Crippen LogP contribution in [0.5, 0.6) is 0 Å². The second-order valence-corrected chi connectivity index (χ2v) is 4.58. The van der Waals surface area contributed by atoms with E-state index in [1.807, 2.05) is 0 Å². The van der Waals surface area contributed by atoms with Crippen molar-refractivity contribution in [1.82, 2.24) is 5.32 Å². The van der Waals surface area contributed by atoms with E-state index in [9.17, 15) is 5.11 Å². The minimum atomic E-state index is -0.0250. The van der Waals surface area contributed by atoms with Gasteiger partial charge in [-0.2, -0.15) is 0 Å². The van der Waals surface area contributed by atoms with Crippen molar-refractivity contribution in [3.8, 4) is 0 Å². The molecule has 15 heavy (non-hydrogen) atoms. The molecule has 90 valence electrons. The molecule has 0 amide bonds. The summed E-state index contributed by atoms with van der Waals surface area (Å²) in [7, 11) is 1.75. The largest absolute Gasteiger partial charge is 0.393 e. The van der Waals surface area contributed by atoms with Gasteiger partial charge in [0.25, 0.3) is 0 Å². The first-order chi connectivity index (χ1) is 7.33. The summed E-state index contributed by atoms with van der Waals surface area (Å²) in [5.41, 5.74) is 0. The summed E-state index contributed by atoms with van der Waals surface area (Å²) in [4.78, 5) is 0. The average Bonchev–Trinajstić information content (AvgIpc) is 2.26. The van der Waals surface area contributed by atoms with Crippen LogP contribution < -0.4 is 5.32 Å². The number of ether oxygens (including phenoxy) is 1. The molecule has 1 rings (SSSR count). The maximum atomic E-state index is 9.36. The molecule has 3 heteroatoms. The van der Waals surface area contributed by atoms with E-state index in [2.05, 4.69) is 5.32 Å². The van der Waals surface area contributed by atoms with Gasteiger partial charge >= 0.3 is 0 Å². The molecule has 3 nitrogen and oxygen atoms in total. The maximum absolute atomic E-state index is 9.36. The van der Waals surface area contributed by atoms with E-state index < -0.39 is 0 Å². The van der Waals surface area contributed by atoms with Gasteiger partial charge in [0.1, 0.15) is 0 Å². The van der Waals surface area contributed by atoms with E-state index in [-0.39, 0.29) is 6.10 Å². The van der Waals surface area contributed by atoms with Crippen molar-refractivity contribution in [1.29, 1.82) is 0 Å². The van der Waals surface area contributed by atoms with Gasteiger partial charge in [-0.05, 0) is 57.5 Å². The standard InChI is InChI=1S/C12H25NO2/c1-15-9-3-2-8-13-10-11-4-6-12(14)7-5-11/h11-14H,2-10H2,1H3. The Kier molecular flexibility index (Phi) is 6.98. The molecule has 0 atom stereocenters. The topological polar surface area (TPSA) is 41.5 Å². The molecule has 0 spiro atoms. The Bertz CT molecular complexity index is 145. The summed E-state index contributed by atoms with van der Waals surface area (Å²) in [6.07, 6.45) is 6.68. The monoisotopic (exact) mass is 215 g/mol. The van der Waals surface area contributed by atoms with Gasteiger partial charge in [-0.1, -0.05) is 0 Å². The first-order valence-corrected chi connectivity index (χ1v) is 6.20. The van der Waals surface area contributed by atoms with Crippen LogP contribution in [0, 0.1) is 5.92 Å². The van der Waals surface area contributed by atoms with Gasteiger partial charge in [-0.3, -0.25) is 0 Å². The third-order valence-corrected chi connectivity index (χ3v) is 3.20. The smallest absolute Gasteiger partial charge is 0.0540 e. The molecule has 1 aliphatic rings. The number of unbranched alkanes of at least 4 members (excludes halogenated alkanes) is 1. The Balaban J connectivity index is 1.87. The van der Waals surface area contributed by atoms with E-state index in [1.54, 1.807) is 7.11 Å². The van der Waals surface area contributed by atoms with Gasteiger partial charge in [0.2, 0.25) is 0 Å². The molecule has 0 aromatic rings. The predicted octanol–water partition coefficient (Wildman–Crippen LogP) is 1.55. The van der Waals surface area contributed by atoms with Crippen molar-refractivity contribution in [2.75, 3.05) is 26.8 Å². The highest BCUT2D eigenvalue weighted by Crippen LogP contribution is 2.23. The molecule has 0 bridgehead atoms. The molecule has 2 N–H and O–H groups in total. The summed E-state index contributed by atoms with van der Waals surface area (Å²) < 4.78 is 4.99. The van der Waals surface area contributed by atoms with Crippen molar-refractivity contribution in [3.05, 3.63) is 0 Å². The third-order valence-electron chi connectivity index (χ3n) is 3.20. The van der Waals surface area contributed by atoms with Crippen LogP contribution in [0.2, 0.25) is 0 Å². The molecular formula is C12H25NO2. The molecular weight excluding hydrogens is 190 g/mol. The van der Waals surface area contributed by atoms with Crippen molar-refractivity contribution >= 4 is 0 Å². The van der Waals surface area contributed by atoms with E-state index in [1.165, 1.54) is 19.3 Å². The fourth-order valence-electron chi connectivity index (χ4n) is 2.15. The second-order valence-electron chi connectivity index (χ2n) is 4.58. The molecule has 1 saturated carbocycles. The fourth-order valence-corrected chi connectivity index (χ4v) is 2.15. The summed E-state index contributed by atoms with van der Waals surface area (Å²) >= 11 is 0. The lowest BCUT2D eigenvalue weighted by molar-refractivity contribution is 0.108. The van der Waals surface area contributed by atoms with Gasteiger partial charge in [-0.15, -0.1) is 0 Å². The van der Waals surface area contributed by atoms with Crippen LogP contribution in [0.1, 0.15) is 38.5 Å². The number of methoxy groups -OCH3 is 1. The molecule has 1 fully saturated rings. The SMILES string of the molecule is COCCCCNCC1CCC(O)CC1. The third kappa shape index (κ3) is 6.13. The second kappa shape index (κ2) is 8.08. The highest BCUT2D eigenvalue weighted by atomic mass is 16.5. The van der Waals surface area contributed by atoms with Crippen molar-refractivity contribution in [2.24, 2.45) is 5.92 Å². The van der Waals surface area contributed by atoms with Crippen LogP contribution in [-0.4, -0.2) is 38.0 Å². The van der Waals surface area contributed by atoms with Gasteiger partial charge in [0.05, 0.1) is 6.10 Å². The minimum absolute atomic E-state index is 0.0250. The highest BCUT2D eigenvalue weighted by molar-refractivity contribution is 4.72. The van der Waals surface area contributed by atoms with Crippen LogP contribution in [-0.2, 0) is 4.74 Å². The molecule has 0 aliphatic heterocycles. The first kappa shape index (κ1) is 12.9. The normalized spacial score (nSPS) is 26.8. The lowest BCUT2D eigenvalue weighted by atomic mass is 9.87. The molecule has 1 aliphatic carbocycles. The lowest BCUT2D eigenvalue weighted by Gasteiger charge is -2.25. The van der Waals surface area contributed by atoms with E-state index in [0.717, 1.165) is 44.9 Å². The fraction of sp³-hybridized carbons (Fsp3) is 1.00. The summed E-state index contributed by atoms with van der Waals surface area (Å²) in [5.74, 6) is 0.788. The van der Waals surface area contributed by atoms with Crippen LogP contribution in [0.25, 0.3) is 0 Å². The molecule has 0 aromatic heterocycles. The zero-order valence-corrected chi connectivity index (χ0v) is 9.87.